The molecule has 2 heteroatoms. The average Bonchev–Trinajstić information content (AvgIpc) is 2.62. The highest BCUT2D eigenvalue weighted by atomic mass is 15.0. The highest BCUT2D eigenvalue weighted by Gasteiger charge is 2.06. The van der Waals surface area contributed by atoms with E-state index in [9.17, 15) is 0 Å². The number of aromatic nitrogens is 1. The molecule has 2 rings (SSSR count). The number of hydrogen-bond donors (Lipinski definition) is 1. The highest BCUT2D eigenvalue weighted by Crippen LogP contribution is 2.21. The molecular formula is C14H20N2. The quantitative estimate of drug-likeness (QED) is 0.831. The Morgan fingerprint density at radius 3 is 2.75 bits per heavy atom. The van der Waals surface area contributed by atoms with E-state index >= 15 is 0 Å². The summed E-state index contributed by atoms with van der Waals surface area (Å²) in [6.07, 6.45) is 2.20. The van der Waals surface area contributed by atoms with Gasteiger partial charge in [-0.25, -0.2) is 0 Å². The Hall–Kier alpha value is -1.28. The molecule has 1 aromatic heterocycles. The molecule has 16 heavy (non-hydrogen) atoms. The van der Waals surface area contributed by atoms with Gasteiger partial charge in [0.15, 0.2) is 0 Å². The molecule has 0 aliphatic rings. The van der Waals surface area contributed by atoms with E-state index in [0.29, 0.717) is 5.92 Å². The summed E-state index contributed by atoms with van der Waals surface area (Å²) in [5.74, 6) is 0.679. The van der Waals surface area contributed by atoms with E-state index in [1.165, 1.54) is 16.5 Å². The van der Waals surface area contributed by atoms with Crippen molar-refractivity contribution in [2.45, 2.75) is 26.9 Å². The van der Waals surface area contributed by atoms with Crippen LogP contribution in [0.25, 0.3) is 10.9 Å². The molecule has 86 valence electrons. The van der Waals surface area contributed by atoms with E-state index in [1.807, 2.05) is 7.05 Å². The molecule has 2 aromatic rings. The Kier molecular flexibility index (Phi) is 3.30. The smallest absolute Gasteiger partial charge is 0.0525 e. The zero-order valence-electron chi connectivity index (χ0n) is 10.3. The molecule has 0 saturated carbocycles. The van der Waals surface area contributed by atoms with Gasteiger partial charge >= 0.3 is 0 Å². The number of hydrogen-bond acceptors (Lipinski definition) is 1. The summed E-state index contributed by atoms with van der Waals surface area (Å²) in [5, 5.41) is 4.57. The molecule has 0 amide bonds. The fraction of sp³-hybridized carbons (Fsp3) is 0.429. The lowest BCUT2D eigenvalue weighted by molar-refractivity contribution is 0.534. The van der Waals surface area contributed by atoms with Crippen molar-refractivity contribution in [3.05, 3.63) is 36.0 Å². The van der Waals surface area contributed by atoms with Crippen molar-refractivity contribution in [2.24, 2.45) is 5.92 Å². The van der Waals surface area contributed by atoms with Gasteiger partial charge in [0.2, 0.25) is 0 Å². The molecule has 0 atom stereocenters. The number of benzene rings is 1. The van der Waals surface area contributed by atoms with Crippen molar-refractivity contribution in [1.29, 1.82) is 0 Å². The predicted molar refractivity (Wildman–Crippen MR) is 69.5 cm³/mol. The average molecular weight is 216 g/mol. The van der Waals surface area contributed by atoms with Crippen LogP contribution >= 0.6 is 0 Å². The van der Waals surface area contributed by atoms with Crippen molar-refractivity contribution >= 4 is 10.9 Å². The number of fused-ring (bicyclic) bond motifs is 1. The maximum absolute atomic E-state index is 3.23. The minimum Gasteiger partial charge on any atom is -0.347 e. The first-order valence-electron chi connectivity index (χ1n) is 5.93. The van der Waals surface area contributed by atoms with Gasteiger partial charge in [-0.3, -0.25) is 0 Å². The van der Waals surface area contributed by atoms with Crippen LogP contribution in [0, 0.1) is 5.92 Å². The maximum Gasteiger partial charge on any atom is 0.0525 e. The van der Waals surface area contributed by atoms with Gasteiger partial charge in [-0.2, -0.15) is 0 Å². The molecule has 0 fully saturated rings. The maximum atomic E-state index is 3.23. The van der Waals surface area contributed by atoms with Crippen molar-refractivity contribution in [3.63, 3.8) is 0 Å². The molecule has 2 nitrogen and oxygen atoms in total. The number of para-hydroxylation sites is 1. The van der Waals surface area contributed by atoms with Crippen LogP contribution in [0.3, 0.4) is 0 Å². The monoisotopic (exact) mass is 216 g/mol. The van der Waals surface area contributed by atoms with Gasteiger partial charge in [-0.15, -0.1) is 0 Å². The van der Waals surface area contributed by atoms with Crippen molar-refractivity contribution in [1.82, 2.24) is 9.88 Å². The third-order valence-corrected chi connectivity index (χ3v) is 2.80. The molecule has 0 aliphatic carbocycles. The molecule has 0 saturated heterocycles. The van der Waals surface area contributed by atoms with Crippen LogP contribution in [0.2, 0.25) is 0 Å². The van der Waals surface area contributed by atoms with Crippen LogP contribution in [0.1, 0.15) is 19.4 Å². The molecule has 1 N–H and O–H groups in total. The van der Waals surface area contributed by atoms with Gasteiger partial charge < -0.3 is 9.88 Å². The van der Waals surface area contributed by atoms with Crippen LogP contribution in [0.15, 0.2) is 30.5 Å². The van der Waals surface area contributed by atoms with Crippen molar-refractivity contribution in [3.8, 4) is 0 Å². The highest BCUT2D eigenvalue weighted by molar-refractivity contribution is 5.83. The summed E-state index contributed by atoms with van der Waals surface area (Å²) < 4.78 is 2.37. The molecular weight excluding hydrogens is 196 g/mol. The number of rotatable bonds is 4. The van der Waals surface area contributed by atoms with E-state index in [-0.39, 0.29) is 0 Å². The van der Waals surface area contributed by atoms with Gasteiger partial charge in [0.1, 0.15) is 0 Å². The van der Waals surface area contributed by atoms with E-state index in [2.05, 4.69) is 54.2 Å². The Labute approximate surface area is 97.3 Å². The molecule has 0 spiro atoms. The largest absolute Gasteiger partial charge is 0.347 e. The third-order valence-electron chi connectivity index (χ3n) is 2.80. The van der Waals surface area contributed by atoms with Gasteiger partial charge in [-0.05, 0) is 30.0 Å². The first-order chi connectivity index (χ1) is 7.72. The summed E-state index contributed by atoms with van der Waals surface area (Å²) in [6.45, 7) is 6.53. The standard InChI is InChI=1S/C14H20N2/c1-11(2)10-16-8-7-12-5-4-6-13(9-15-3)14(12)16/h4-8,11,15H,9-10H2,1-3H3. The zero-order valence-corrected chi connectivity index (χ0v) is 10.3. The second-order valence-corrected chi connectivity index (χ2v) is 4.75. The topological polar surface area (TPSA) is 17.0 Å². The fourth-order valence-electron chi connectivity index (χ4n) is 2.22. The second kappa shape index (κ2) is 4.71. The summed E-state index contributed by atoms with van der Waals surface area (Å²) >= 11 is 0. The lowest BCUT2D eigenvalue weighted by Gasteiger charge is -2.11. The minimum atomic E-state index is 0.679. The van der Waals surface area contributed by atoms with E-state index in [4.69, 9.17) is 0 Å². The Morgan fingerprint density at radius 2 is 2.06 bits per heavy atom. The molecule has 0 radical (unpaired) electrons. The van der Waals surface area contributed by atoms with Gasteiger partial charge in [0, 0.05) is 19.3 Å². The summed E-state index contributed by atoms with van der Waals surface area (Å²) in [4.78, 5) is 0. The second-order valence-electron chi connectivity index (χ2n) is 4.75. The van der Waals surface area contributed by atoms with Crippen LogP contribution in [-0.2, 0) is 13.1 Å². The van der Waals surface area contributed by atoms with E-state index in [1.54, 1.807) is 0 Å². The zero-order chi connectivity index (χ0) is 11.5. The molecule has 1 heterocycles. The summed E-state index contributed by atoms with van der Waals surface area (Å²) in [7, 11) is 1.99. The SMILES string of the molecule is CNCc1cccc2ccn(CC(C)C)c12. The Balaban J connectivity index is 2.49. The first-order valence-corrected chi connectivity index (χ1v) is 5.93. The summed E-state index contributed by atoms with van der Waals surface area (Å²) in [5.41, 5.74) is 2.76. The van der Waals surface area contributed by atoms with Gasteiger partial charge in [0.25, 0.3) is 0 Å². The van der Waals surface area contributed by atoms with Crippen LogP contribution in [0.4, 0.5) is 0 Å². The lowest BCUT2D eigenvalue weighted by Crippen LogP contribution is -2.09. The Bertz CT molecular complexity index is 469. The van der Waals surface area contributed by atoms with Crippen LogP contribution < -0.4 is 5.32 Å². The predicted octanol–water partition coefficient (Wildman–Crippen LogP) is 3.02. The van der Waals surface area contributed by atoms with Crippen molar-refractivity contribution < 1.29 is 0 Å². The number of nitrogens with one attached hydrogen (secondary N) is 1. The van der Waals surface area contributed by atoms with E-state index in [0.717, 1.165) is 13.1 Å². The van der Waals surface area contributed by atoms with Crippen molar-refractivity contribution in [2.75, 3.05) is 7.05 Å². The van der Waals surface area contributed by atoms with E-state index < -0.39 is 0 Å². The molecule has 0 aliphatic heterocycles. The van der Waals surface area contributed by atoms with Gasteiger partial charge in [-0.1, -0.05) is 32.0 Å². The van der Waals surface area contributed by atoms with Crippen LogP contribution in [0.5, 0.6) is 0 Å². The fourth-order valence-corrected chi connectivity index (χ4v) is 2.22. The normalized spacial score (nSPS) is 11.5. The minimum absolute atomic E-state index is 0.679. The lowest BCUT2D eigenvalue weighted by atomic mass is 10.1. The first kappa shape index (κ1) is 11.2. The molecule has 1 aromatic carbocycles. The van der Waals surface area contributed by atoms with Crippen LogP contribution in [-0.4, -0.2) is 11.6 Å². The molecule has 0 bridgehead atoms. The Morgan fingerprint density at radius 1 is 1.25 bits per heavy atom. The molecule has 0 unspecified atom stereocenters. The van der Waals surface area contributed by atoms with Gasteiger partial charge in [0.05, 0.1) is 5.52 Å². The number of nitrogens with zero attached hydrogens (tertiary/aromatic N) is 1. The summed E-state index contributed by atoms with van der Waals surface area (Å²) in [6, 6.07) is 8.73. The third kappa shape index (κ3) is 2.12.